The summed E-state index contributed by atoms with van der Waals surface area (Å²) < 4.78 is 11.2. The van der Waals surface area contributed by atoms with Crippen molar-refractivity contribution in [1.82, 2.24) is 9.80 Å². The first-order valence-corrected chi connectivity index (χ1v) is 8.79. The molecule has 140 valence electrons. The molecule has 2 aliphatic heterocycles. The van der Waals surface area contributed by atoms with Crippen LogP contribution in [0.1, 0.15) is 10.4 Å². The van der Waals surface area contributed by atoms with Crippen LogP contribution < -0.4 is 14.8 Å². The highest BCUT2D eigenvalue weighted by Crippen LogP contribution is 2.30. The Bertz CT molecular complexity index is 868. The minimum atomic E-state index is -0.260. The quantitative estimate of drug-likeness (QED) is 0.885. The van der Waals surface area contributed by atoms with Crippen molar-refractivity contribution in [2.24, 2.45) is 0 Å². The van der Waals surface area contributed by atoms with Crippen LogP contribution in [0.3, 0.4) is 0 Å². The Morgan fingerprint density at radius 3 is 2.63 bits per heavy atom. The van der Waals surface area contributed by atoms with Crippen LogP contribution in [-0.2, 0) is 0 Å². The standard InChI is InChI=1S/C20H21N3O4/c1-22-16-11-23(20(25)21-13-7-9-14(26-2)10-8-13)12-18(16)27-17-6-4-3-5-15(17)19(22)24/h3-10,16,18H,11-12H2,1-2H3,(H,21,25)/t16-,18+/m1/s1. The number of methoxy groups -OCH3 is 1. The first-order chi connectivity index (χ1) is 13.1. The number of likely N-dealkylation sites (tertiary alicyclic amines) is 1. The van der Waals surface area contributed by atoms with E-state index in [-0.39, 0.29) is 24.1 Å². The summed E-state index contributed by atoms with van der Waals surface area (Å²) in [4.78, 5) is 28.7. The Morgan fingerprint density at radius 1 is 1.15 bits per heavy atom. The first-order valence-electron chi connectivity index (χ1n) is 8.79. The molecular weight excluding hydrogens is 346 g/mol. The maximum atomic E-state index is 12.7. The van der Waals surface area contributed by atoms with Gasteiger partial charge in [-0.2, -0.15) is 0 Å². The molecule has 2 aromatic rings. The van der Waals surface area contributed by atoms with Gasteiger partial charge in [0.1, 0.15) is 17.6 Å². The summed E-state index contributed by atoms with van der Waals surface area (Å²) in [6, 6.07) is 14.0. The van der Waals surface area contributed by atoms with Gasteiger partial charge in [-0.25, -0.2) is 4.79 Å². The van der Waals surface area contributed by atoms with Gasteiger partial charge in [-0.05, 0) is 36.4 Å². The van der Waals surface area contributed by atoms with E-state index in [0.717, 1.165) is 5.75 Å². The molecule has 0 saturated carbocycles. The van der Waals surface area contributed by atoms with E-state index >= 15 is 0 Å². The zero-order chi connectivity index (χ0) is 19.0. The number of para-hydroxylation sites is 1. The Labute approximate surface area is 157 Å². The van der Waals surface area contributed by atoms with Gasteiger partial charge in [-0.15, -0.1) is 0 Å². The van der Waals surface area contributed by atoms with Gasteiger partial charge in [0, 0.05) is 19.3 Å². The molecule has 27 heavy (non-hydrogen) atoms. The predicted molar refractivity (Wildman–Crippen MR) is 100 cm³/mol. The average molecular weight is 367 g/mol. The third-order valence-electron chi connectivity index (χ3n) is 5.08. The van der Waals surface area contributed by atoms with Crippen molar-refractivity contribution >= 4 is 17.6 Å². The minimum Gasteiger partial charge on any atom is -0.497 e. The molecule has 1 fully saturated rings. The fraction of sp³-hybridized carbons (Fsp3) is 0.300. The average Bonchev–Trinajstić information content (AvgIpc) is 3.08. The summed E-state index contributed by atoms with van der Waals surface area (Å²) >= 11 is 0. The van der Waals surface area contributed by atoms with Crippen molar-refractivity contribution in [3.63, 3.8) is 0 Å². The van der Waals surface area contributed by atoms with Crippen LogP contribution in [0.15, 0.2) is 48.5 Å². The van der Waals surface area contributed by atoms with E-state index in [9.17, 15) is 9.59 Å². The van der Waals surface area contributed by atoms with Gasteiger partial charge >= 0.3 is 6.03 Å². The summed E-state index contributed by atoms with van der Waals surface area (Å²) in [7, 11) is 3.36. The van der Waals surface area contributed by atoms with Crippen molar-refractivity contribution in [2.75, 3.05) is 32.6 Å². The molecular formula is C20H21N3O4. The third kappa shape index (κ3) is 3.16. The molecule has 0 bridgehead atoms. The van der Waals surface area contributed by atoms with Gasteiger partial charge in [0.15, 0.2) is 0 Å². The predicted octanol–water partition coefficient (Wildman–Crippen LogP) is 2.44. The summed E-state index contributed by atoms with van der Waals surface area (Å²) in [6.45, 7) is 0.835. The van der Waals surface area contributed by atoms with E-state index < -0.39 is 0 Å². The number of carbonyl (C=O) groups is 2. The van der Waals surface area contributed by atoms with E-state index in [0.29, 0.717) is 30.1 Å². The number of anilines is 1. The largest absolute Gasteiger partial charge is 0.497 e. The smallest absolute Gasteiger partial charge is 0.322 e. The van der Waals surface area contributed by atoms with Crippen LogP contribution in [-0.4, -0.2) is 61.1 Å². The Hall–Kier alpha value is -3.22. The molecule has 7 nitrogen and oxygen atoms in total. The van der Waals surface area contributed by atoms with Gasteiger partial charge in [0.25, 0.3) is 5.91 Å². The molecule has 0 aromatic heterocycles. The molecule has 0 spiro atoms. The zero-order valence-electron chi connectivity index (χ0n) is 15.2. The SMILES string of the molecule is COc1ccc(NC(=O)N2C[C@@H]3Oc4ccccc4C(=O)N(C)[C@@H]3C2)cc1. The Kier molecular flexibility index (Phi) is 4.35. The van der Waals surface area contributed by atoms with Crippen LogP contribution in [0.4, 0.5) is 10.5 Å². The summed E-state index contributed by atoms with van der Waals surface area (Å²) in [6.07, 6.45) is -0.260. The highest BCUT2D eigenvalue weighted by atomic mass is 16.5. The van der Waals surface area contributed by atoms with E-state index in [1.54, 1.807) is 60.4 Å². The molecule has 1 N–H and O–H groups in total. The maximum absolute atomic E-state index is 12.7. The monoisotopic (exact) mass is 367 g/mol. The second-order valence-electron chi connectivity index (χ2n) is 6.70. The lowest BCUT2D eigenvalue weighted by Crippen LogP contribution is -2.44. The number of nitrogens with one attached hydrogen (secondary N) is 1. The molecule has 1 saturated heterocycles. The van der Waals surface area contributed by atoms with E-state index in [4.69, 9.17) is 9.47 Å². The number of fused-ring (bicyclic) bond motifs is 2. The Morgan fingerprint density at radius 2 is 1.89 bits per heavy atom. The van der Waals surface area contributed by atoms with Crippen LogP contribution in [0.25, 0.3) is 0 Å². The second-order valence-corrected chi connectivity index (χ2v) is 6.70. The van der Waals surface area contributed by atoms with Crippen LogP contribution in [0, 0.1) is 0 Å². The van der Waals surface area contributed by atoms with Crippen molar-refractivity contribution in [1.29, 1.82) is 0 Å². The highest BCUT2D eigenvalue weighted by molar-refractivity contribution is 5.97. The van der Waals surface area contributed by atoms with Gasteiger partial charge in [0.2, 0.25) is 0 Å². The van der Waals surface area contributed by atoms with Gasteiger partial charge < -0.3 is 24.6 Å². The van der Waals surface area contributed by atoms with Crippen LogP contribution in [0.2, 0.25) is 0 Å². The third-order valence-corrected chi connectivity index (χ3v) is 5.08. The number of urea groups is 1. The van der Waals surface area contributed by atoms with Crippen molar-refractivity contribution < 1.29 is 19.1 Å². The molecule has 2 aromatic carbocycles. The number of amides is 3. The number of benzene rings is 2. The zero-order valence-corrected chi connectivity index (χ0v) is 15.2. The summed E-state index contributed by atoms with van der Waals surface area (Å²) in [5.41, 5.74) is 1.24. The molecule has 0 unspecified atom stereocenters. The van der Waals surface area contributed by atoms with Crippen molar-refractivity contribution in [3.8, 4) is 11.5 Å². The maximum Gasteiger partial charge on any atom is 0.322 e. The number of likely N-dealkylation sites (N-methyl/N-ethyl adjacent to an activating group) is 1. The molecule has 0 aliphatic carbocycles. The topological polar surface area (TPSA) is 71.1 Å². The lowest BCUT2D eigenvalue weighted by molar-refractivity contribution is 0.0682. The van der Waals surface area contributed by atoms with Gasteiger partial charge in [-0.3, -0.25) is 4.79 Å². The van der Waals surface area contributed by atoms with Gasteiger partial charge in [-0.1, -0.05) is 12.1 Å². The first kappa shape index (κ1) is 17.2. The molecule has 4 rings (SSSR count). The second kappa shape index (κ2) is 6.83. The fourth-order valence-electron chi connectivity index (χ4n) is 3.54. The summed E-state index contributed by atoms with van der Waals surface area (Å²) in [5, 5.41) is 2.88. The fourth-order valence-corrected chi connectivity index (χ4v) is 3.54. The number of rotatable bonds is 2. The molecule has 2 aliphatic rings. The molecule has 7 heteroatoms. The van der Waals surface area contributed by atoms with Gasteiger partial charge in [0.05, 0.1) is 25.3 Å². The number of carbonyl (C=O) groups excluding carboxylic acids is 2. The van der Waals surface area contributed by atoms with Crippen LogP contribution >= 0.6 is 0 Å². The normalized spacial score (nSPS) is 21.0. The molecule has 3 amide bonds. The van der Waals surface area contributed by atoms with Crippen molar-refractivity contribution in [2.45, 2.75) is 12.1 Å². The summed E-state index contributed by atoms with van der Waals surface area (Å²) in [5.74, 6) is 1.21. The van der Waals surface area contributed by atoms with E-state index in [1.807, 2.05) is 12.1 Å². The molecule has 0 radical (unpaired) electrons. The number of ether oxygens (including phenoxy) is 2. The van der Waals surface area contributed by atoms with E-state index in [2.05, 4.69) is 5.32 Å². The number of hydrogen-bond donors (Lipinski definition) is 1. The highest BCUT2D eigenvalue weighted by Gasteiger charge is 2.43. The van der Waals surface area contributed by atoms with Crippen LogP contribution in [0.5, 0.6) is 11.5 Å². The Balaban J connectivity index is 1.49. The number of nitrogens with zero attached hydrogens (tertiary/aromatic N) is 2. The minimum absolute atomic E-state index is 0.0875. The number of hydrogen-bond acceptors (Lipinski definition) is 4. The lowest BCUT2D eigenvalue weighted by Gasteiger charge is -2.25. The lowest BCUT2D eigenvalue weighted by atomic mass is 10.1. The van der Waals surface area contributed by atoms with E-state index in [1.165, 1.54) is 0 Å². The molecule has 2 atom stereocenters. The van der Waals surface area contributed by atoms with Crippen molar-refractivity contribution in [3.05, 3.63) is 54.1 Å². The molecule has 2 heterocycles.